The van der Waals surface area contributed by atoms with Crippen molar-refractivity contribution in [1.29, 1.82) is 0 Å². The first-order valence-electron chi connectivity index (χ1n) is 7.52. The fourth-order valence-corrected chi connectivity index (χ4v) is 2.90. The monoisotopic (exact) mass is 389 g/mol. The smallest absolute Gasteiger partial charge is 0.289 e. The Kier molecular flexibility index (Phi) is 5.20. The summed E-state index contributed by atoms with van der Waals surface area (Å²) >= 11 is 12.2. The second-order valence-electron chi connectivity index (χ2n) is 5.17. The van der Waals surface area contributed by atoms with E-state index in [2.05, 4.69) is 17.0 Å². The molecule has 0 aliphatic heterocycles. The number of tetrazole rings is 1. The minimum atomic E-state index is -0.782. The zero-order valence-electron chi connectivity index (χ0n) is 13.4. The molecule has 0 spiro atoms. The quantitative estimate of drug-likeness (QED) is 0.506. The molecule has 0 fully saturated rings. The molecule has 26 heavy (non-hydrogen) atoms. The van der Waals surface area contributed by atoms with Gasteiger partial charge in [0, 0.05) is 12.2 Å². The molecule has 3 aromatic rings. The van der Waals surface area contributed by atoms with Crippen molar-refractivity contribution in [3.63, 3.8) is 0 Å². The van der Waals surface area contributed by atoms with E-state index in [9.17, 15) is 9.59 Å². The van der Waals surface area contributed by atoms with E-state index in [4.69, 9.17) is 23.2 Å². The topological polar surface area (TPSA) is 73.0 Å². The number of hydrogen-bond acceptors (Lipinski definition) is 4. The van der Waals surface area contributed by atoms with Crippen LogP contribution in [0.1, 0.15) is 0 Å². The Morgan fingerprint density at radius 1 is 1.08 bits per heavy atom. The van der Waals surface area contributed by atoms with E-state index in [-0.39, 0.29) is 22.3 Å². The second kappa shape index (κ2) is 7.55. The number of aromatic nitrogens is 4. The van der Waals surface area contributed by atoms with Crippen LogP contribution in [-0.2, 0) is 0 Å². The van der Waals surface area contributed by atoms with Crippen LogP contribution in [0.15, 0.2) is 66.0 Å². The molecule has 0 N–H and O–H groups in total. The predicted molar refractivity (Wildman–Crippen MR) is 100 cm³/mol. The summed E-state index contributed by atoms with van der Waals surface area (Å²) in [6.07, 6.45) is 1.55. The van der Waals surface area contributed by atoms with Gasteiger partial charge in [-0.05, 0) is 34.7 Å². The lowest BCUT2D eigenvalue weighted by Gasteiger charge is -2.19. The van der Waals surface area contributed by atoms with Crippen LogP contribution in [0, 0.1) is 0 Å². The summed E-state index contributed by atoms with van der Waals surface area (Å²) in [7, 11) is 0. The highest BCUT2D eigenvalue weighted by Gasteiger charge is 2.23. The number of nitrogens with zero attached hydrogens (tertiary/aromatic N) is 5. The number of halogens is 2. The van der Waals surface area contributed by atoms with Gasteiger partial charge in [-0.25, -0.2) is 9.59 Å². The van der Waals surface area contributed by atoms with Crippen LogP contribution in [0.25, 0.3) is 5.69 Å². The summed E-state index contributed by atoms with van der Waals surface area (Å²) in [6.45, 7) is 3.83. The van der Waals surface area contributed by atoms with Crippen LogP contribution in [0.3, 0.4) is 0 Å². The molecule has 0 bridgehead atoms. The Bertz CT molecular complexity index is 993. The molecule has 0 aliphatic carbocycles. The van der Waals surface area contributed by atoms with Crippen LogP contribution >= 0.6 is 23.2 Å². The van der Waals surface area contributed by atoms with Crippen LogP contribution in [0.2, 0.25) is 10.0 Å². The van der Waals surface area contributed by atoms with E-state index in [1.807, 2.05) is 6.07 Å². The van der Waals surface area contributed by atoms with Gasteiger partial charge in [0.1, 0.15) is 5.69 Å². The van der Waals surface area contributed by atoms with Gasteiger partial charge >= 0.3 is 11.7 Å². The van der Waals surface area contributed by atoms with Crippen LogP contribution < -0.4 is 10.6 Å². The first-order chi connectivity index (χ1) is 12.5. The molecular weight excluding hydrogens is 377 g/mol. The minimum absolute atomic E-state index is 0.162. The van der Waals surface area contributed by atoms with Gasteiger partial charge in [0.25, 0.3) is 0 Å². The molecule has 9 heteroatoms. The van der Waals surface area contributed by atoms with E-state index in [0.717, 1.165) is 4.68 Å². The Morgan fingerprint density at radius 2 is 1.73 bits per heavy atom. The van der Waals surface area contributed by atoms with Crippen molar-refractivity contribution in [1.82, 2.24) is 19.8 Å². The predicted octanol–water partition coefficient (Wildman–Crippen LogP) is 3.40. The SMILES string of the molecule is C=CCN(C(=O)n1nnn(-c2c(Cl)cccc2Cl)c1=O)c1ccccc1. The largest absolute Gasteiger partial charge is 0.377 e. The molecule has 1 aromatic heterocycles. The fraction of sp³-hybridized carbons (Fsp3) is 0.0588. The summed E-state index contributed by atoms with van der Waals surface area (Å²) in [4.78, 5) is 26.8. The van der Waals surface area contributed by atoms with Crippen molar-refractivity contribution in [2.75, 3.05) is 11.4 Å². The molecule has 0 saturated heterocycles. The lowest BCUT2D eigenvalue weighted by atomic mass is 10.3. The number of anilines is 1. The van der Waals surface area contributed by atoms with Gasteiger partial charge in [0.05, 0.1) is 10.0 Å². The zero-order chi connectivity index (χ0) is 18.7. The molecule has 0 atom stereocenters. The summed E-state index contributed by atoms with van der Waals surface area (Å²) in [5.74, 6) is 0. The summed E-state index contributed by atoms with van der Waals surface area (Å²) in [5, 5.41) is 7.84. The van der Waals surface area contributed by atoms with E-state index in [1.54, 1.807) is 48.5 Å². The van der Waals surface area contributed by atoms with Gasteiger partial charge in [-0.15, -0.1) is 11.3 Å². The Labute approximate surface area is 158 Å². The average molecular weight is 390 g/mol. The third kappa shape index (κ3) is 3.26. The molecule has 1 heterocycles. The third-order valence-electron chi connectivity index (χ3n) is 3.52. The number of para-hydroxylation sites is 2. The van der Waals surface area contributed by atoms with Gasteiger partial charge in [-0.1, -0.05) is 53.5 Å². The van der Waals surface area contributed by atoms with Gasteiger partial charge in [0.15, 0.2) is 0 Å². The molecule has 132 valence electrons. The van der Waals surface area contributed by atoms with Crippen molar-refractivity contribution < 1.29 is 4.79 Å². The lowest BCUT2D eigenvalue weighted by Crippen LogP contribution is -2.41. The standard InChI is InChI=1S/C17H13Cl2N5O2/c1-2-11-22(12-7-4-3-5-8-12)16(25)24-17(26)23(20-21-24)15-13(18)9-6-10-14(15)19/h2-10H,1,11H2. The summed E-state index contributed by atoms with van der Waals surface area (Å²) < 4.78 is 1.54. The fourth-order valence-electron chi connectivity index (χ4n) is 2.34. The van der Waals surface area contributed by atoms with Gasteiger partial charge < -0.3 is 0 Å². The maximum absolute atomic E-state index is 12.8. The highest BCUT2D eigenvalue weighted by Crippen LogP contribution is 2.26. The molecule has 1 amide bonds. The number of amides is 1. The van der Waals surface area contributed by atoms with Crippen molar-refractivity contribution in [2.24, 2.45) is 0 Å². The average Bonchev–Trinajstić information content (AvgIpc) is 3.01. The summed E-state index contributed by atoms with van der Waals surface area (Å²) in [5.41, 5.74) is -0.0283. The Balaban J connectivity index is 2.05. The van der Waals surface area contributed by atoms with Crippen molar-refractivity contribution in [3.8, 4) is 5.69 Å². The maximum Gasteiger partial charge on any atom is 0.377 e. The maximum atomic E-state index is 12.8. The normalized spacial score (nSPS) is 10.5. The van der Waals surface area contributed by atoms with Crippen LogP contribution in [0.4, 0.5) is 10.5 Å². The molecule has 0 unspecified atom stereocenters. The minimum Gasteiger partial charge on any atom is -0.289 e. The first kappa shape index (κ1) is 17.9. The van der Waals surface area contributed by atoms with E-state index < -0.39 is 11.7 Å². The number of carbonyl (C=O) groups is 1. The number of rotatable bonds is 4. The third-order valence-corrected chi connectivity index (χ3v) is 4.13. The van der Waals surface area contributed by atoms with E-state index in [1.165, 1.54) is 4.90 Å². The summed E-state index contributed by atoms with van der Waals surface area (Å²) in [6, 6.07) is 12.9. The molecule has 7 nitrogen and oxygen atoms in total. The van der Waals surface area contributed by atoms with Crippen molar-refractivity contribution >= 4 is 34.9 Å². The van der Waals surface area contributed by atoms with Crippen LogP contribution in [-0.4, -0.2) is 32.4 Å². The highest BCUT2D eigenvalue weighted by atomic mass is 35.5. The second-order valence-corrected chi connectivity index (χ2v) is 5.99. The number of hydrogen-bond donors (Lipinski definition) is 0. The number of benzene rings is 2. The van der Waals surface area contributed by atoms with E-state index >= 15 is 0 Å². The highest BCUT2D eigenvalue weighted by molar-refractivity contribution is 6.37. The Morgan fingerprint density at radius 3 is 2.35 bits per heavy atom. The lowest BCUT2D eigenvalue weighted by molar-refractivity contribution is 0.244. The van der Waals surface area contributed by atoms with Crippen molar-refractivity contribution in [2.45, 2.75) is 0 Å². The first-order valence-corrected chi connectivity index (χ1v) is 8.27. The van der Waals surface area contributed by atoms with Crippen molar-refractivity contribution in [3.05, 3.63) is 81.7 Å². The molecule has 3 rings (SSSR count). The van der Waals surface area contributed by atoms with Gasteiger partial charge in [0.2, 0.25) is 0 Å². The van der Waals surface area contributed by atoms with Gasteiger partial charge in [-0.3, -0.25) is 4.90 Å². The molecule has 0 saturated carbocycles. The molecular formula is C17H13Cl2N5O2. The molecule has 0 radical (unpaired) electrons. The molecule has 2 aromatic carbocycles. The Hall–Kier alpha value is -2.90. The zero-order valence-corrected chi connectivity index (χ0v) is 14.9. The molecule has 0 aliphatic rings. The van der Waals surface area contributed by atoms with E-state index in [0.29, 0.717) is 10.4 Å². The van der Waals surface area contributed by atoms with Crippen LogP contribution in [0.5, 0.6) is 0 Å². The number of carbonyl (C=O) groups excluding carboxylic acids is 1. The van der Waals surface area contributed by atoms with Gasteiger partial charge in [-0.2, -0.15) is 4.68 Å².